The highest BCUT2D eigenvalue weighted by Gasteiger charge is 2.32. The Labute approximate surface area is 198 Å². The van der Waals surface area contributed by atoms with E-state index in [9.17, 15) is 14.8 Å². The fraction of sp³-hybridized carbons (Fsp3) is 0.588. The quantitative estimate of drug-likeness (QED) is 0.135. The first-order valence-electron chi connectivity index (χ1n) is 10.1. The highest BCUT2D eigenvalue weighted by atomic mass is 31.2. The maximum Gasteiger partial charge on any atom is 0.469 e. The molecule has 0 fully saturated rings. The fourth-order valence-electron chi connectivity index (χ4n) is 2.92. The second kappa shape index (κ2) is 12.6. The first kappa shape index (κ1) is 29.0. The summed E-state index contributed by atoms with van der Waals surface area (Å²) in [5.41, 5.74) is 6.46. The minimum atomic E-state index is -4.64. The average molecular weight is 524 g/mol. The summed E-state index contributed by atoms with van der Waals surface area (Å²) >= 11 is 0. The minimum absolute atomic E-state index is 0.0936. The molecule has 0 saturated heterocycles. The number of hydrogen-bond donors (Lipinski definition) is 10. The van der Waals surface area contributed by atoms with Crippen molar-refractivity contribution in [2.45, 2.75) is 36.7 Å². The third-order valence-electron chi connectivity index (χ3n) is 4.74. The fourth-order valence-corrected chi connectivity index (χ4v) is 3.24. The number of phosphoric ester groups is 1. The van der Waals surface area contributed by atoms with Crippen molar-refractivity contribution in [2.24, 2.45) is 0 Å². The van der Waals surface area contributed by atoms with E-state index in [1.165, 1.54) is 23.3 Å². The van der Waals surface area contributed by atoms with E-state index < -0.39 is 57.8 Å². The summed E-state index contributed by atoms with van der Waals surface area (Å²) in [6.45, 7) is -1.06. The van der Waals surface area contributed by atoms with E-state index in [1.807, 2.05) is 0 Å². The van der Waals surface area contributed by atoms with Gasteiger partial charge >= 0.3 is 7.82 Å². The van der Waals surface area contributed by atoms with E-state index in [0.717, 1.165) is 0 Å². The number of nitrogens with zero attached hydrogens (tertiary/aromatic N) is 4. The summed E-state index contributed by atoms with van der Waals surface area (Å²) in [6, 6.07) is 0. The van der Waals surface area contributed by atoms with Gasteiger partial charge in [-0.1, -0.05) is 0 Å². The molecule has 3 heterocycles. The lowest BCUT2D eigenvalue weighted by Crippen LogP contribution is -2.48. The Hall–Kier alpha value is -2.28. The Morgan fingerprint density at radius 1 is 1.20 bits per heavy atom. The van der Waals surface area contributed by atoms with Crippen LogP contribution in [0.25, 0.3) is 11.2 Å². The van der Waals surface area contributed by atoms with Gasteiger partial charge in [0, 0.05) is 12.6 Å². The molecule has 0 saturated carbocycles. The number of nitrogen functional groups attached to an aromatic ring is 1. The molecule has 198 valence electrons. The van der Waals surface area contributed by atoms with Gasteiger partial charge in [0.05, 0.1) is 25.6 Å². The normalized spacial score (nSPS) is 21.7. The van der Waals surface area contributed by atoms with E-state index in [-0.39, 0.29) is 18.1 Å². The summed E-state index contributed by atoms with van der Waals surface area (Å²) in [5, 5.41) is 57.3. The summed E-state index contributed by atoms with van der Waals surface area (Å²) in [4.78, 5) is 29.3. The molecule has 0 aliphatic carbocycles. The van der Waals surface area contributed by atoms with Crippen molar-refractivity contribution in [1.29, 1.82) is 0 Å². The van der Waals surface area contributed by atoms with E-state index in [1.54, 1.807) is 7.05 Å². The molecule has 0 amide bonds. The number of hydrogen-bond acceptors (Lipinski definition) is 14. The Balaban J connectivity index is 0.000000287. The largest absolute Gasteiger partial charge is 0.510 e. The lowest BCUT2D eigenvalue weighted by atomic mass is 10.0. The molecule has 0 bridgehead atoms. The number of rotatable bonds is 10. The van der Waals surface area contributed by atoms with Crippen LogP contribution < -0.4 is 11.1 Å². The zero-order valence-corrected chi connectivity index (χ0v) is 19.3. The molecule has 2 aromatic rings. The molecule has 6 atom stereocenters. The summed E-state index contributed by atoms with van der Waals surface area (Å²) in [6.07, 6.45) is -3.38. The number of aliphatic hydroxyl groups excluding tert-OH is 6. The molecule has 0 aromatic carbocycles. The number of nitrogens with two attached hydrogens (primary N) is 1. The van der Waals surface area contributed by atoms with Crippen LogP contribution in [-0.4, -0.2) is 117 Å². The number of phosphoric acid groups is 1. The van der Waals surface area contributed by atoms with Crippen LogP contribution in [0.5, 0.6) is 0 Å². The molecule has 1 aliphatic heterocycles. The maximum atomic E-state index is 10.7. The topological polar surface area (TPSA) is 279 Å². The molecule has 18 heteroatoms. The third-order valence-corrected chi connectivity index (χ3v) is 5.23. The molecule has 3 rings (SSSR count). The number of aliphatic hydroxyl groups is 6. The van der Waals surface area contributed by atoms with Gasteiger partial charge < -0.3 is 56.2 Å². The lowest BCUT2D eigenvalue weighted by Gasteiger charge is -2.25. The van der Waals surface area contributed by atoms with Crippen LogP contribution in [0.4, 0.5) is 5.82 Å². The van der Waals surface area contributed by atoms with Crippen LogP contribution in [0, 0.1) is 0 Å². The number of ether oxygens (including phenoxy) is 1. The number of likely N-dealkylation sites (N-methyl/N-ethyl adjacent to an activating group) is 1. The molecule has 0 radical (unpaired) electrons. The van der Waals surface area contributed by atoms with Gasteiger partial charge in [-0.3, -0.25) is 9.09 Å². The Kier molecular flexibility index (Phi) is 10.4. The zero-order valence-electron chi connectivity index (χ0n) is 18.4. The van der Waals surface area contributed by atoms with Crippen LogP contribution in [0.15, 0.2) is 24.5 Å². The van der Waals surface area contributed by atoms with Gasteiger partial charge in [0.25, 0.3) is 0 Å². The number of nitrogens with one attached hydrogen (secondary N) is 1. The van der Waals surface area contributed by atoms with Crippen LogP contribution in [-0.2, 0) is 13.8 Å². The van der Waals surface area contributed by atoms with Crippen molar-refractivity contribution in [1.82, 2.24) is 24.8 Å². The Bertz CT molecular complexity index is 1030. The Morgan fingerprint density at radius 3 is 2.46 bits per heavy atom. The lowest BCUT2D eigenvalue weighted by molar-refractivity contribution is -0.113. The Morgan fingerprint density at radius 2 is 1.86 bits per heavy atom. The summed E-state index contributed by atoms with van der Waals surface area (Å²) < 4.78 is 22.0. The first-order valence-corrected chi connectivity index (χ1v) is 11.6. The molecule has 35 heavy (non-hydrogen) atoms. The van der Waals surface area contributed by atoms with Crippen molar-refractivity contribution in [3.63, 3.8) is 0 Å². The van der Waals surface area contributed by atoms with E-state index in [0.29, 0.717) is 11.2 Å². The van der Waals surface area contributed by atoms with Gasteiger partial charge in [0.15, 0.2) is 17.7 Å². The monoisotopic (exact) mass is 524 g/mol. The molecule has 0 unspecified atom stereocenters. The maximum absolute atomic E-state index is 10.7. The van der Waals surface area contributed by atoms with Gasteiger partial charge in [0.2, 0.25) is 0 Å². The first-order chi connectivity index (χ1) is 16.4. The van der Waals surface area contributed by atoms with Crippen molar-refractivity contribution < 1.29 is 54.3 Å². The number of fused-ring (bicyclic) bond motifs is 1. The minimum Gasteiger partial charge on any atom is -0.510 e. The standard InChI is InChI=1S/C10H12N5O6P.C7H17NO5/c11-9-8-10(13-3-12-9)15(4-14-8)7-1-5(16)6(21-7)2-20-22(17,18)19;1-8-2-4(10)6(12)7(13)5(11)3-9/h1,3-4,6-7,16H,2H2,(H2,11,12,13)(H2,17,18,19);4-13H,2-3H2,1H3/t6-,7-;4-,5+,6-,7-/m11/s1. The third kappa shape index (κ3) is 7.86. The smallest absolute Gasteiger partial charge is 0.469 e. The van der Waals surface area contributed by atoms with Gasteiger partial charge in [0.1, 0.15) is 42.0 Å². The van der Waals surface area contributed by atoms with Crippen LogP contribution >= 0.6 is 7.82 Å². The SMILES string of the molecule is CNC[C@@H](O)[C@@H](O)[C@H](O)[C@@H](O)CO.Nc1ncnc2c1ncn2[C@H]1C=C(O)[C@@H](COP(=O)(O)O)O1. The molecule has 0 spiro atoms. The van der Waals surface area contributed by atoms with Crippen LogP contribution in [0.3, 0.4) is 0 Å². The predicted octanol–water partition coefficient (Wildman–Crippen LogP) is -3.50. The zero-order chi connectivity index (χ0) is 26.3. The average Bonchev–Trinajstić information content (AvgIpc) is 3.40. The van der Waals surface area contributed by atoms with Crippen molar-refractivity contribution in [3.05, 3.63) is 24.5 Å². The van der Waals surface area contributed by atoms with Crippen LogP contribution in [0.2, 0.25) is 0 Å². The number of anilines is 1. The molecular formula is C17H29N6O11P. The van der Waals surface area contributed by atoms with Crippen molar-refractivity contribution in [3.8, 4) is 0 Å². The second-order valence-electron chi connectivity index (χ2n) is 7.33. The van der Waals surface area contributed by atoms with Gasteiger partial charge in [-0.05, 0) is 7.05 Å². The molecule has 17 nitrogen and oxygen atoms in total. The van der Waals surface area contributed by atoms with Gasteiger partial charge in [-0.2, -0.15) is 0 Å². The highest BCUT2D eigenvalue weighted by molar-refractivity contribution is 7.46. The summed E-state index contributed by atoms with van der Waals surface area (Å²) in [5.74, 6) is -0.00124. The van der Waals surface area contributed by atoms with E-state index in [2.05, 4.69) is 24.8 Å². The summed E-state index contributed by atoms with van der Waals surface area (Å²) in [7, 11) is -3.07. The molecule has 1 aliphatic rings. The van der Waals surface area contributed by atoms with E-state index >= 15 is 0 Å². The predicted molar refractivity (Wildman–Crippen MR) is 117 cm³/mol. The second-order valence-corrected chi connectivity index (χ2v) is 8.57. The highest BCUT2D eigenvalue weighted by Crippen LogP contribution is 2.38. The van der Waals surface area contributed by atoms with Crippen molar-refractivity contribution in [2.75, 3.05) is 32.5 Å². The molecule has 11 N–H and O–H groups in total. The van der Waals surface area contributed by atoms with Crippen LogP contribution in [0.1, 0.15) is 6.23 Å². The van der Waals surface area contributed by atoms with Gasteiger partial charge in [-0.15, -0.1) is 0 Å². The van der Waals surface area contributed by atoms with Crippen molar-refractivity contribution >= 4 is 24.8 Å². The molecular weight excluding hydrogens is 495 g/mol. The van der Waals surface area contributed by atoms with E-state index in [4.69, 9.17) is 40.7 Å². The molecule has 2 aromatic heterocycles. The number of aromatic nitrogens is 4. The number of imidazole rings is 1. The van der Waals surface area contributed by atoms with Gasteiger partial charge in [-0.25, -0.2) is 19.5 Å².